The fourth-order valence-corrected chi connectivity index (χ4v) is 2.97. The summed E-state index contributed by atoms with van der Waals surface area (Å²) in [7, 11) is 3.52. The molecule has 0 saturated carbocycles. The first-order valence-corrected chi connectivity index (χ1v) is 8.19. The van der Waals surface area contributed by atoms with Gasteiger partial charge in [-0.05, 0) is 24.6 Å². The second kappa shape index (κ2) is 8.56. The Morgan fingerprint density at radius 3 is 2.73 bits per heavy atom. The molecule has 22 heavy (non-hydrogen) atoms. The van der Waals surface area contributed by atoms with Crippen molar-refractivity contribution in [2.45, 2.75) is 19.5 Å². The molecular formula is C17H22N2O2S. The summed E-state index contributed by atoms with van der Waals surface area (Å²) >= 11 is 1.67. The maximum Gasteiger partial charge on any atom is 0.224 e. The molecule has 0 aliphatic rings. The lowest BCUT2D eigenvalue weighted by Gasteiger charge is -2.23. The molecule has 0 fully saturated rings. The SMILES string of the molecule is CNCCC(=O)N(Cc1cccs1)Cc1ccccc1OC. The Labute approximate surface area is 135 Å². The number of rotatable bonds is 8. The van der Waals surface area contributed by atoms with Crippen LogP contribution in [0.3, 0.4) is 0 Å². The van der Waals surface area contributed by atoms with E-state index in [1.54, 1.807) is 18.4 Å². The van der Waals surface area contributed by atoms with E-state index in [9.17, 15) is 4.79 Å². The molecule has 2 rings (SSSR count). The molecule has 0 saturated heterocycles. The molecule has 2 aromatic rings. The van der Waals surface area contributed by atoms with Gasteiger partial charge in [-0.15, -0.1) is 11.3 Å². The van der Waals surface area contributed by atoms with Gasteiger partial charge < -0.3 is 15.0 Å². The first-order valence-electron chi connectivity index (χ1n) is 7.31. The van der Waals surface area contributed by atoms with Crippen molar-refractivity contribution >= 4 is 17.2 Å². The summed E-state index contributed by atoms with van der Waals surface area (Å²) in [6, 6.07) is 11.9. The lowest BCUT2D eigenvalue weighted by molar-refractivity contribution is -0.132. The van der Waals surface area contributed by atoms with Gasteiger partial charge in [0.25, 0.3) is 0 Å². The first-order chi connectivity index (χ1) is 10.7. The standard InChI is InChI=1S/C17H22N2O2S/c1-18-10-9-17(20)19(13-15-7-5-11-22-15)12-14-6-3-4-8-16(14)21-2/h3-8,11,18H,9-10,12-13H2,1-2H3. The molecule has 1 N–H and O–H groups in total. The van der Waals surface area contributed by atoms with Gasteiger partial charge in [0.15, 0.2) is 0 Å². The Morgan fingerprint density at radius 2 is 2.05 bits per heavy atom. The molecule has 0 bridgehead atoms. The van der Waals surface area contributed by atoms with Crippen molar-refractivity contribution in [1.29, 1.82) is 0 Å². The number of carbonyl (C=O) groups excluding carboxylic acids is 1. The fourth-order valence-electron chi connectivity index (χ4n) is 2.25. The molecular weight excluding hydrogens is 296 g/mol. The second-order valence-corrected chi connectivity index (χ2v) is 6.03. The van der Waals surface area contributed by atoms with Crippen LogP contribution in [0.5, 0.6) is 5.75 Å². The highest BCUT2D eigenvalue weighted by Gasteiger charge is 2.16. The predicted molar refractivity (Wildman–Crippen MR) is 90.1 cm³/mol. The number of nitrogens with zero attached hydrogens (tertiary/aromatic N) is 1. The number of para-hydroxylation sites is 1. The van der Waals surface area contributed by atoms with E-state index in [-0.39, 0.29) is 5.91 Å². The molecule has 0 aliphatic heterocycles. The Bertz CT molecular complexity index is 584. The van der Waals surface area contributed by atoms with Crippen molar-refractivity contribution in [1.82, 2.24) is 10.2 Å². The summed E-state index contributed by atoms with van der Waals surface area (Å²) < 4.78 is 5.39. The molecule has 1 aromatic carbocycles. The summed E-state index contributed by atoms with van der Waals surface area (Å²) in [6.45, 7) is 1.88. The third kappa shape index (κ3) is 4.58. The number of benzene rings is 1. The van der Waals surface area contributed by atoms with E-state index < -0.39 is 0 Å². The molecule has 4 nitrogen and oxygen atoms in total. The van der Waals surface area contributed by atoms with E-state index in [1.165, 1.54) is 4.88 Å². The van der Waals surface area contributed by atoms with Gasteiger partial charge in [0, 0.05) is 30.0 Å². The van der Waals surface area contributed by atoms with E-state index >= 15 is 0 Å². The molecule has 1 amide bonds. The van der Waals surface area contributed by atoms with Crippen molar-refractivity contribution in [2.24, 2.45) is 0 Å². The van der Waals surface area contributed by atoms with Gasteiger partial charge in [0.1, 0.15) is 5.75 Å². The highest BCUT2D eigenvalue weighted by atomic mass is 32.1. The number of thiophene rings is 1. The highest BCUT2D eigenvalue weighted by Crippen LogP contribution is 2.21. The van der Waals surface area contributed by atoms with Crippen LogP contribution < -0.4 is 10.1 Å². The smallest absolute Gasteiger partial charge is 0.224 e. The predicted octanol–water partition coefficient (Wildman–Crippen LogP) is 2.90. The maximum absolute atomic E-state index is 12.5. The normalized spacial score (nSPS) is 10.5. The minimum atomic E-state index is 0.147. The van der Waals surface area contributed by atoms with Gasteiger partial charge in [-0.3, -0.25) is 4.79 Å². The molecule has 0 spiro atoms. The molecule has 0 atom stereocenters. The number of carbonyl (C=O) groups is 1. The number of ether oxygens (including phenoxy) is 1. The van der Waals surface area contributed by atoms with Gasteiger partial charge in [-0.2, -0.15) is 0 Å². The Morgan fingerprint density at radius 1 is 1.23 bits per heavy atom. The van der Waals surface area contributed by atoms with Crippen molar-refractivity contribution in [3.05, 3.63) is 52.2 Å². The average molecular weight is 318 g/mol. The van der Waals surface area contributed by atoms with Crippen molar-refractivity contribution in [2.75, 3.05) is 20.7 Å². The van der Waals surface area contributed by atoms with Crippen molar-refractivity contribution in [3.8, 4) is 5.75 Å². The molecule has 1 heterocycles. The molecule has 0 radical (unpaired) electrons. The van der Waals surface area contributed by atoms with E-state index in [4.69, 9.17) is 4.74 Å². The fraction of sp³-hybridized carbons (Fsp3) is 0.353. The summed E-state index contributed by atoms with van der Waals surface area (Å²) in [5.41, 5.74) is 1.03. The zero-order valence-electron chi connectivity index (χ0n) is 13.0. The number of hydrogen-bond donors (Lipinski definition) is 1. The van der Waals surface area contributed by atoms with E-state index in [2.05, 4.69) is 11.4 Å². The van der Waals surface area contributed by atoms with Crippen LogP contribution in [-0.4, -0.2) is 31.5 Å². The second-order valence-electron chi connectivity index (χ2n) is 4.99. The van der Waals surface area contributed by atoms with E-state index in [0.717, 1.165) is 11.3 Å². The summed E-state index contributed by atoms with van der Waals surface area (Å²) in [6.07, 6.45) is 0.497. The van der Waals surface area contributed by atoms with Gasteiger partial charge >= 0.3 is 0 Å². The third-order valence-electron chi connectivity index (χ3n) is 3.42. The van der Waals surface area contributed by atoms with Gasteiger partial charge in [-0.25, -0.2) is 0 Å². The largest absolute Gasteiger partial charge is 0.496 e. The van der Waals surface area contributed by atoms with Crippen LogP contribution in [0.1, 0.15) is 16.9 Å². The van der Waals surface area contributed by atoms with Crippen molar-refractivity contribution < 1.29 is 9.53 Å². The third-order valence-corrected chi connectivity index (χ3v) is 4.28. The molecule has 0 aliphatic carbocycles. The Balaban J connectivity index is 2.14. The van der Waals surface area contributed by atoms with Gasteiger partial charge in [-0.1, -0.05) is 24.3 Å². The molecule has 5 heteroatoms. The average Bonchev–Trinajstić information content (AvgIpc) is 3.05. The number of amides is 1. The molecule has 118 valence electrons. The van der Waals surface area contributed by atoms with Crippen molar-refractivity contribution in [3.63, 3.8) is 0 Å². The van der Waals surface area contributed by atoms with Crippen LogP contribution in [0, 0.1) is 0 Å². The number of hydrogen-bond acceptors (Lipinski definition) is 4. The number of methoxy groups -OCH3 is 1. The molecule has 1 aromatic heterocycles. The highest BCUT2D eigenvalue weighted by molar-refractivity contribution is 7.09. The molecule has 0 unspecified atom stereocenters. The minimum absolute atomic E-state index is 0.147. The Kier molecular flexibility index (Phi) is 6.43. The quantitative estimate of drug-likeness (QED) is 0.814. The number of nitrogens with one attached hydrogen (secondary N) is 1. The van der Waals surface area contributed by atoms with Crippen LogP contribution in [0.2, 0.25) is 0 Å². The van der Waals surface area contributed by atoms with Crippen LogP contribution in [0.4, 0.5) is 0 Å². The topological polar surface area (TPSA) is 41.6 Å². The lowest BCUT2D eigenvalue weighted by Crippen LogP contribution is -2.31. The summed E-state index contributed by atoms with van der Waals surface area (Å²) in [4.78, 5) is 15.6. The first kappa shape index (κ1) is 16.5. The lowest BCUT2D eigenvalue weighted by atomic mass is 10.1. The van der Waals surface area contributed by atoms with Crippen LogP contribution >= 0.6 is 11.3 Å². The minimum Gasteiger partial charge on any atom is -0.496 e. The zero-order valence-corrected chi connectivity index (χ0v) is 13.9. The monoisotopic (exact) mass is 318 g/mol. The van der Waals surface area contributed by atoms with Gasteiger partial charge in [0.2, 0.25) is 5.91 Å². The zero-order chi connectivity index (χ0) is 15.8. The van der Waals surface area contributed by atoms with Crippen LogP contribution in [-0.2, 0) is 17.9 Å². The summed E-state index contributed by atoms with van der Waals surface area (Å²) in [5, 5.41) is 5.07. The van der Waals surface area contributed by atoms with E-state index in [0.29, 0.717) is 26.1 Å². The van der Waals surface area contributed by atoms with Gasteiger partial charge in [0.05, 0.1) is 13.7 Å². The van der Waals surface area contributed by atoms with E-state index in [1.807, 2.05) is 47.7 Å². The summed E-state index contributed by atoms with van der Waals surface area (Å²) in [5.74, 6) is 0.966. The van der Waals surface area contributed by atoms with Crippen LogP contribution in [0.25, 0.3) is 0 Å². The Hall–Kier alpha value is -1.85. The van der Waals surface area contributed by atoms with Crippen LogP contribution in [0.15, 0.2) is 41.8 Å². The maximum atomic E-state index is 12.5.